The molecule has 0 aliphatic carbocycles. The largest absolute Gasteiger partial charge is 0.368 e. The van der Waals surface area contributed by atoms with Gasteiger partial charge in [-0.1, -0.05) is 18.2 Å². The summed E-state index contributed by atoms with van der Waals surface area (Å²) in [6.07, 6.45) is 1.50. The number of nitrogens with zero attached hydrogens (tertiary/aromatic N) is 1. The number of carbonyl (C=O) groups is 1. The average molecular weight is 298 g/mol. The van der Waals surface area contributed by atoms with Crippen LogP contribution in [0.25, 0.3) is 0 Å². The summed E-state index contributed by atoms with van der Waals surface area (Å²) in [5.41, 5.74) is 7.47. The number of fused-ring (bicyclic) bond motifs is 1. The van der Waals surface area contributed by atoms with Crippen molar-refractivity contribution in [2.75, 3.05) is 17.2 Å². The molecule has 6 nitrogen and oxygen atoms in total. The molecule has 0 aromatic heterocycles. The van der Waals surface area contributed by atoms with Crippen molar-refractivity contribution in [1.82, 2.24) is 0 Å². The minimum atomic E-state index is -3.92. The van der Waals surface area contributed by atoms with Gasteiger partial charge in [0.2, 0.25) is 5.91 Å². The summed E-state index contributed by atoms with van der Waals surface area (Å²) in [6, 6.07) is 7.33. The Morgan fingerprint density at radius 1 is 1.35 bits per heavy atom. The Morgan fingerprint density at radius 2 is 2.05 bits per heavy atom. The second-order valence-electron chi connectivity index (χ2n) is 4.94. The summed E-state index contributed by atoms with van der Waals surface area (Å²) in [5, 5.41) is 0. The van der Waals surface area contributed by atoms with Crippen LogP contribution in [0.15, 0.2) is 24.3 Å². The maximum Gasteiger partial charge on any atom is 0.264 e. The van der Waals surface area contributed by atoms with Gasteiger partial charge in [-0.3, -0.25) is 9.35 Å². The highest BCUT2D eigenvalue weighted by Crippen LogP contribution is 2.31. The first kappa shape index (κ1) is 14.8. The van der Waals surface area contributed by atoms with Gasteiger partial charge in [-0.15, -0.1) is 0 Å². The first-order valence-electron chi connectivity index (χ1n) is 6.47. The minimum absolute atomic E-state index is 0.260. The molecule has 0 fully saturated rings. The van der Waals surface area contributed by atoms with Crippen molar-refractivity contribution in [1.29, 1.82) is 0 Å². The third-order valence-corrected chi connectivity index (χ3v) is 4.27. The predicted octanol–water partition coefficient (Wildman–Crippen LogP) is 0.571. The molecule has 1 aromatic rings. The standard InChI is InChI=1S/C13H18N2O4S/c14-13(16)12-9-10-5-1-2-6-11(10)15(12)7-3-4-8-20(17,18)19/h1-2,5-6,12H,3-4,7-9H2,(H2,14,16)(H,17,18,19). The highest BCUT2D eigenvalue weighted by Gasteiger charge is 2.32. The molecule has 1 unspecified atom stereocenters. The van der Waals surface area contributed by atoms with Gasteiger partial charge in [-0.05, 0) is 24.5 Å². The molecule has 1 aromatic carbocycles. The fraction of sp³-hybridized carbons (Fsp3) is 0.462. The maximum absolute atomic E-state index is 11.5. The summed E-state index contributed by atoms with van der Waals surface area (Å²) in [5.74, 6) is -0.639. The molecule has 20 heavy (non-hydrogen) atoms. The molecule has 1 aliphatic heterocycles. The molecule has 1 heterocycles. The van der Waals surface area contributed by atoms with Gasteiger partial charge in [0.15, 0.2) is 0 Å². The average Bonchev–Trinajstić information content (AvgIpc) is 2.72. The van der Waals surface area contributed by atoms with Crippen molar-refractivity contribution in [3.05, 3.63) is 29.8 Å². The number of hydrogen-bond acceptors (Lipinski definition) is 4. The number of carbonyl (C=O) groups excluding carboxylic acids is 1. The smallest absolute Gasteiger partial charge is 0.264 e. The van der Waals surface area contributed by atoms with E-state index in [9.17, 15) is 13.2 Å². The SMILES string of the molecule is NC(=O)C1Cc2ccccc2N1CCCCS(=O)(=O)O. The Hall–Kier alpha value is -1.60. The summed E-state index contributed by atoms with van der Waals surface area (Å²) < 4.78 is 30.0. The van der Waals surface area contributed by atoms with Gasteiger partial charge in [0.1, 0.15) is 6.04 Å². The molecular formula is C13H18N2O4S. The number of rotatable bonds is 6. The van der Waals surface area contributed by atoms with E-state index in [1.54, 1.807) is 0 Å². The van der Waals surface area contributed by atoms with Crippen LogP contribution in [0.2, 0.25) is 0 Å². The van der Waals surface area contributed by atoms with Crippen LogP contribution in [0.3, 0.4) is 0 Å². The van der Waals surface area contributed by atoms with Crippen LogP contribution in [-0.2, 0) is 21.3 Å². The van der Waals surface area contributed by atoms with Crippen LogP contribution in [0.1, 0.15) is 18.4 Å². The lowest BCUT2D eigenvalue weighted by Crippen LogP contribution is -2.43. The quantitative estimate of drug-likeness (QED) is 0.590. The first-order chi connectivity index (χ1) is 9.38. The molecule has 0 saturated heterocycles. The topological polar surface area (TPSA) is 101 Å². The van der Waals surface area contributed by atoms with Crippen LogP contribution < -0.4 is 10.6 Å². The number of amides is 1. The van der Waals surface area contributed by atoms with E-state index < -0.39 is 10.1 Å². The van der Waals surface area contributed by atoms with Crippen LogP contribution in [-0.4, -0.2) is 37.2 Å². The summed E-state index contributed by atoms with van der Waals surface area (Å²) in [7, 11) is -3.92. The molecule has 3 N–H and O–H groups in total. The summed E-state index contributed by atoms with van der Waals surface area (Å²) in [6.45, 7) is 0.542. The van der Waals surface area contributed by atoms with Gasteiger partial charge in [0.05, 0.1) is 5.75 Å². The third kappa shape index (κ3) is 3.49. The van der Waals surface area contributed by atoms with Crippen LogP contribution in [0, 0.1) is 0 Å². The molecule has 0 bridgehead atoms. The van der Waals surface area contributed by atoms with E-state index in [4.69, 9.17) is 10.3 Å². The fourth-order valence-corrected chi connectivity index (χ4v) is 3.12. The van der Waals surface area contributed by atoms with Crippen LogP contribution in [0.5, 0.6) is 0 Å². The Morgan fingerprint density at radius 3 is 2.70 bits per heavy atom. The lowest BCUT2D eigenvalue weighted by atomic mass is 10.1. The lowest BCUT2D eigenvalue weighted by Gasteiger charge is -2.25. The number of anilines is 1. The number of para-hydroxylation sites is 1. The number of benzene rings is 1. The molecule has 2 rings (SSSR count). The van der Waals surface area contributed by atoms with Gasteiger partial charge in [0, 0.05) is 18.7 Å². The molecule has 1 atom stereocenters. The monoisotopic (exact) mass is 298 g/mol. The van der Waals surface area contributed by atoms with E-state index in [0.29, 0.717) is 25.8 Å². The highest BCUT2D eigenvalue weighted by molar-refractivity contribution is 7.85. The molecule has 0 spiro atoms. The Bertz CT molecular complexity index is 600. The summed E-state index contributed by atoms with van der Waals surface area (Å²) in [4.78, 5) is 13.4. The van der Waals surface area contributed by atoms with Crippen LogP contribution >= 0.6 is 0 Å². The number of hydrogen-bond donors (Lipinski definition) is 2. The first-order valence-corrected chi connectivity index (χ1v) is 8.08. The minimum Gasteiger partial charge on any atom is -0.368 e. The number of primary amides is 1. The van der Waals surface area contributed by atoms with Crippen molar-refractivity contribution >= 4 is 21.7 Å². The van der Waals surface area contributed by atoms with Crippen molar-refractivity contribution in [3.8, 4) is 0 Å². The molecule has 1 amide bonds. The predicted molar refractivity (Wildman–Crippen MR) is 76.1 cm³/mol. The van der Waals surface area contributed by atoms with Crippen molar-refractivity contribution in [2.45, 2.75) is 25.3 Å². The second kappa shape index (κ2) is 5.80. The zero-order valence-corrected chi connectivity index (χ0v) is 11.8. The molecule has 110 valence electrons. The Labute approximate surface area is 118 Å². The zero-order valence-electron chi connectivity index (χ0n) is 11.0. The second-order valence-corrected chi connectivity index (χ2v) is 6.51. The molecular weight excluding hydrogens is 280 g/mol. The Kier molecular flexibility index (Phi) is 4.29. The molecule has 0 radical (unpaired) electrons. The van der Waals surface area contributed by atoms with Gasteiger partial charge in [0.25, 0.3) is 10.1 Å². The third-order valence-electron chi connectivity index (χ3n) is 3.47. The molecule has 1 aliphatic rings. The van der Waals surface area contributed by atoms with E-state index in [1.165, 1.54) is 0 Å². The van der Waals surface area contributed by atoms with Gasteiger partial charge < -0.3 is 10.6 Å². The van der Waals surface area contributed by atoms with E-state index in [2.05, 4.69) is 0 Å². The fourth-order valence-electron chi connectivity index (χ4n) is 2.55. The van der Waals surface area contributed by atoms with E-state index in [1.807, 2.05) is 29.2 Å². The zero-order chi connectivity index (χ0) is 14.8. The van der Waals surface area contributed by atoms with Gasteiger partial charge in [-0.25, -0.2) is 0 Å². The number of unbranched alkanes of at least 4 members (excludes halogenated alkanes) is 1. The molecule has 0 saturated carbocycles. The van der Waals surface area contributed by atoms with Crippen molar-refractivity contribution in [3.63, 3.8) is 0 Å². The number of nitrogens with two attached hydrogens (primary N) is 1. The van der Waals surface area contributed by atoms with E-state index in [0.717, 1.165) is 11.3 Å². The van der Waals surface area contributed by atoms with Gasteiger partial charge in [-0.2, -0.15) is 8.42 Å². The van der Waals surface area contributed by atoms with Crippen molar-refractivity contribution in [2.24, 2.45) is 5.73 Å². The lowest BCUT2D eigenvalue weighted by molar-refractivity contribution is -0.119. The summed E-state index contributed by atoms with van der Waals surface area (Å²) >= 11 is 0. The highest BCUT2D eigenvalue weighted by atomic mass is 32.2. The van der Waals surface area contributed by atoms with E-state index >= 15 is 0 Å². The maximum atomic E-state index is 11.5. The normalized spacial score (nSPS) is 18.1. The Balaban J connectivity index is 2.02. The van der Waals surface area contributed by atoms with Gasteiger partial charge >= 0.3 is 0 Å². The molecule has 7 heteroatoms. The van der Waals surface area contributed by atoms with Crippen LogP contribution in [0.4, 0.5) is 5.69 Å². The van der Waals surface area contributed by atoms with Crippen molar-refractivity contribution < 1.29 is 17.8 Å². The van der Waals surface area contributed by atoms with E-state index in [-0.39, 0.29) is 17.7 Å².